The van der Waals surface area contributed by atoms with Crippen LogP contribution >= 0.6 is 0 Å². The van der Waals surface area contributed by atoms with E-state index in [0.717, 1.165) is 29.5 Å². The van der Waals surface area contributed by atoms with Crippen molar-refractivity contribution in [3.63, 3.8) is 0 Å². The Balaban J connectivity index is 1.32. The molecule has 1 spiro atoms. The van der Waals surface area contributed by atoms with Crippen molar-refractivity contribution >= 4 is 10.2 Å². The first-order valence-electron chi connectivity index (χ1n) is 12.2. The van der Waals surface area contributed by atoms with Crippen molar-refractivity contribution in [1.82, 2.24) is 18.8 Å². The first-order chi connectivity index (χ1) is 17.5. The Morgan fingerprint density at radius 3 is 2.46 bits per heavy atom. The van der Waals surface area contributed by atoms with Crippen LogP contribution < -0.4 is 4.72 Å². The maximum atomic E-state index is 14.4. The zero-order valence-corrected chi connectivity index (χ0v) is 20.9. The molecular weight excluding hydrogens is 508 g/mol. The molecule has 196 valence electrons. The van der Waals surface area contributed by atoms with E-state index in [9.17, 15) is 26.0 Å². The second-order valence-corrected chi connectivity index (χ2v) is 12.1. The summed E-state index contributed by atoms with van der Waals surface area (Å²) >= 11 is 0. The maximum absolute atomic E-state index is 14.4. The molecule has 1 N–H and O–H groups in total. The third-order valence-corrected chi connectivity index (χ3v) is 9.81. The number of aromatic nitrogens is 2. The lowest BCUT2D eigenvalue weighted by Gasteiger charge is -2.33. The minimum absolute atomic E-state index is 0.0832. The van der Waals surface area contributed by atoms with Crippen LogP contribution in [0.15, 0.2) is 48.5 Å². The molecule has 2 fully saturated rings. The zero-order chi connectivity index (χ0) is 26.2. The van der Waals surface area contributed by atoms with Crippen molar-refractivity contribution in [2.45, 2.75) is 37.4 Å². The number of nitrogens with one attached hydrogen (secondary N) is 1. The van der Waals surface area contributed by atoms with Gasteiger partial charge in [0.05, 0.1) is 16.9 Å². The van der Waals surface area contributed by atoms with Crippen molar-refractivity contribution < 1.29 is 26.0 Å². The fourth-order valence-corrected chi connectivity index (χ4v) is 8.24. The maximum Gasteiger partial charge on any atom is 0.402 e. The third kappa shape index (κ3) is 4.17. The Morgan fingerprint density at radius 1 is 1.05 bits per heavy atom. The van der Waals surface area contributed by atoms with E-state index in [-0.39, 0.29) is 24.2 Å². The topological polar surface area (TPSA) is 67.2 Å². The summed E-state index contributed by atoms with van der Waals surface area (Å²) in [5.41, 5.74) is 3.86. The van der Waals surface area contributed by atoms with Gasteiger partial charge in [-0.1, -0.05) is 24.3 Å². The SMILES string of the molecule is Cn1nc(-c2ccc3c(c2)C[C@H]2CC[C@@H](C3)[C@]23CN(CC(F)(F)F)S(=O)(=O)N3)cc1-c1ccccc1F. The lowest BCUT2D eigenvalue weighted by atomic mass is 9.79. The van der Waals surface area contributed by atoms with E-state index in [2.05, 4.69) is 9.82 Å². The molecule has 3 aliphatic rings. The summed E-state index contributed by atoms with van der Waals surface area (Å²) in [6.07, 6.45) is -1.93. The fourth-order valence-electron chi connectivity index (χ4n) is 6.53. The lowest BCUT2D eigenvalue weighted by molar-refractivity contribution is -0.136. The number of fused-ring (bicyclic) bond motifs is 1. The van der Waals surface area contributed by atoms with E-state index < -0.39 is 28.5 Å². The van der Waals surface area contributed by atoms with Crippen molar-refractivity contribution in [3.8, 4) is 22.5 Å². The largest absolute Gasteiger partial charge is 0.402 e. The molecule has 2 aliphatic carbocycles. The highest BCUT2D eigenvalue weighted by Gasteiger charge is 2.60. The van der Waals surface area contributed by atoms with Gasteiger partial charge >= 0.3 is 6.18 Å². The van der Waals surface area contributed by atoms with Crippen LogP contribution in [-0.2, 0) is 30.1 Å². The summed E-state index contributed by atoms with van der Waals surface area (Å²) in [5, 5.41) is 4.60. The normalized spacial score (nSPS) is 26.9. The average Bonchev–Trinajstić information content (AvgIpc) is 3.38. The number of rotatable bonds is 3. The molecule has 1 saturated carbocycles. The molecule has 2 heterocycles. The minimum Gasteiger partial charge on any atom is -0.267 e. The van der Waals surface area contributed by atoms with Crippen LogP contribution in [-0.4, -0.2) is 47.3 Å². The van der Waals surface area contributed by atoms with Gasteiger partial charge in [-0.25, -0.2) is 4.39 Å². The Bertz CT molecular complexity index is 1490. The average molecular weight is 535 g/mol. The van der Waals surface area contributed by atoms with Gasteiger partial charge in [0.15, 0.2) is 0 Å². The Kier molecular flexibility index (Phi) is 5.56. The molecule has 0 radical (unpaired) electrons. The summed E-state index contributed by atoms with van der Waals surface area (Å²) < 4.78 is 84.0. The van der Waals surface area contributed by atoms with Crippen LogP contribution in [0.1, 0.15) is 24.0 Å². The van der Waals surface area contributed by atoms with Crippen molar-refractivity contribution in [2.75, 3.05) is 13.1 Å². The molecule has 0 unspecified atom stereocenters. The molecule has 2 aromatic carbocycles. The molecule has 11 heteroatoms. The van der Waals surface area contributed by atoms with E-state index in [1.54, 1.807) is 29.9 Å². The van der Waals surface area contributed by atoms with Crippen molar-refractivity contribution in [2.24, 2.45) is 18.9 Å². The first kappa shape index (κ1) is 24.6. The van der Waals surface area contributed by atoms with E-state index >= 15 is 0 Å². The molecule has 1 saturated heterocycles. The van der Waals surface area contributed by atoms with E-state index in [0.29, 0.717) is 34.1 Å². The standard InChI is InChI=1S/C26H26F4N4O2S/c1-33-24(21-4-2-3-5-22(21)27)13-23(31-33)17-7-6-16-11-19-8-9-20(12-18(16)10-17)25(19)14-34(15-26(28,29)30)37(35,36)32-25/h2-7,10,13,19-20,32H,8-9,11-12,14-15H2,1H3/t19-,20+,25+/m0/s1. The van der Waals surface area contributed by atoms with Gasteiger partial charge in [-0.2, -0.15) is 35.7 Å². The number of halogens is 4. The molecule has 1 aliphatic heterocycles. The number of alkyl halides is 3. The highest BCUT2D eigenvalue weighted by molar-refractivity contribution is 7.87. The van der Waals surface area contributed by atoms with E-state index in [1.165, 1.54) is 6.07 Å². The Morgan fingerprint density at radius 2 is 1.76 bits per heavy atom. The van der Waals surface area contributed by atoms with Crippen LogP contribution in [0.25, 0.3) is 22.5 Å². The predicted octanol–water partition coefficient (Wildman–Crippen LogP) is 4.47. The van der Waals surface area contributed by atoms with Crippen molar-refractivity contribution in [1.29, 1.82) is 0 Å². The van der Waals surface area contributed by atoms with Gasteiger partial charge in [0.2, 0.25) is 0 Å². The second kappa shape index (κ2) is 8.37. The molecular formula is C26H26F4N4O2S. The molecule has 37 heavy (non-hydrogen) atoms. The molecule has 0 amide bonds. The first-order valence-corrected chi connectivity index (χ1v) is 13.7. The van der Waals surface area contributed by atoms with Gasteiger partial charge in [0.1, 0.15) is 12.4 Å². The van der Waals surface area contributed by atoms with Crippen LogP contribution in [0.2, 0.25) is 0 Å². The lowest BCUT2D eigenvalue weighted by Crippen LogP contribution is -2.52. The highest BCUT2D eigenvalue weighted by atomic mass is 32.2. The van der Waals surface area contributed by atoms with Crippen LogP contribution in [0.5, 0.6) is 0 Å². The number of hydrogen-bond acceptors (Lipinski definition) is 3. The summed E-state index contributed by atoms with van der Waals surface area (Å²) in [6, 6.07) is 14.3. The second-order valence-electron chi connectivity index (χ2n) is 10.4. The summed E-state index contributed by atoms with van der Waals surface area (Å²) in [7, 11) is -2.46. The monoisotopic (exact) mass is 534 g/mol. The number of nitrogens with zero attached hydrogens (tertiary/aromatic N) is 3. The van der Waals surface area contributed by atoms with Gasteiger partial charge in [-0.05, 0) is 72.9 Å². The number of benzene rings is 2. The molecule has 2 bridgehead atoms. The Hall–Kier alpha value is -2.76. The van der Waals surface area contributed by atoms with Crippen LogP contribution in [0.3, 0.4) is 0 Å². The van der Waals surface area contributed by atoms with Gasteiger partial charge in [-0.15, -0.1) is 0 Å². The van der Waals surface area contributed by atoms with Crippen LogP contribution in [0.4, 0.5) is 17.6 Å². The number of aryl methyl sites for hydroxylation is 1. The summed E-state index contributed by atoms with van der Waals surface area (Å²) in [4.78, 5) is 0. The minimum atomic E-state index is -4.61. The number of hydrogen-bond donors (Lipinski definition) is 1. The van der Waals surface area contributed by atoms with Gasteiger partial charge in [0, 0.05) is 24.7 Å². The molecule has 1 aromatic heterocycles. The molecule has 3 atom stereocenters. The Labute approximate surface area is 212 Å². The third-order valence-electron chi connectivity index (χ3n) is 8.24. The van der Waals surface area contributed by atoms with Gasteiger partial charge in [-0.3, -0.25) is 4.68 Å². The summed E-state index contributed by atoms with van der Waals surface area (Å²) in [6.45, 7) is -1.65. The fraction of sp³-hybridized carbons (Fsp3) is 0.423. The van der Waals surface area contributed by atoms with E-state index in [1.807, 2.05) is 24.3 Å². The molecule has 6 rings (SSSR count). The van der Waals surface area contributed by atoms with Crippen molar-refractivity contribution in [3.05, 3.63) is 65.5 Å². The molecule has 3 aromatic rings. The highest BCUT2D eigenvalue weighted by Crippen LogP contribution is 2.51. The van der Waals surface area contributed by atoms with Gasteiger partial charge in [0.25, 0.3) is 10.2 Å². The molecule has 6 nitrogen and oxygen atoms in total. The predicted molar refractivity (Wildman–Crippen MR) is 130 cm³/mol. The van der Waals surface area contributed by atoms with E-state index in [4.69, 9.17) is 0 Å². The van der Waals surface area contributed by atoms with Gasteiger partial charge < -0.3 is 0 Å². The smallest absolute Gasteiger partial charge is 0.267 e. The van der Waals surface area contributed by atoms with Crippen LogP contribution in [0, 0.1) is 17.7 Å². The summed E-state index contributed by atoms with van der Waals surface area (Å²) in [5.74, 6) is -0.529. The quantitative estimate of drug-likeness (QED) is 0.505. The zero-order valence-electron chi connectivity index (χ0n) is 20.1.